The van der Waals surface area contributed by atoms with Crippen LogP contribution in [-0.4, -0.2) is 18.4 Å². The van der Waals surface area contributed by atoms with Crippen LogP contribution in [0.2, 0.25) is 0 Å². The van der Waals surface area contributed by atoms with Crippen LogP contribution in [0, 0.1) is 0 Å². The van der Waals surface area contributed by atoms with Crippen LogP contribution in [-0.2, 0) is 4.79 Å². The standard InChI is InChI=1S/C20H24N2O3/c1-3-8-18(15-9-6-5-7-10-15)20(24)22-21-19(23)16-11-13-17(14-12-16)25-4-2/h5-7,9-14,18H,3-4,8H2,1-2H3,(H,21,23)(H,22,24)/t18-/m1/s1. The highest BCUT2D eigenvalue weighted by Crippen LogP contribution is 2.21. The van der Waals surface area contributed by atoms with E-state index in [9.17, 15) is 9.59 Å². The Morgan fingerprint density at radius 2 is 1.64 bits per heavy atom. The van der Waals surface area contributed by atoms with Gasteiger partial charge in [-0.3, -0.25) is 20.4 Å². The highest BCUT2D eigenvalue weighted by Gasteiger charge is 2.20. The van der Waals surface area contributed by atoms with Crippen molar-refractivity contribution >= 4 is 11.8 Å². The average molecular weight is 340 g/mol. The number of hydrazine groups is 1. The van der Waals surface area contributed by atoms with Crippen LogP contribution in [0.3, 0.4) is 0 Å². The number of ether oxygens (including phenoxy) is 1. The van der Waals surface area contributed by atoms with Crippen molar-refractivity contribution in [3.63, 3.8) is 0 Å². The Hall–Kier alpha value is -2.82. The molecule has 0 aromatic heterocycles. The van der Waals surface area contributed by atoms with Crippen molar-refractivity contribution < 1.29 is 14.3 Å². The minimum Gasteiger partial charge on any atom is -0.494 e. The van der Waals surface area contributed by atoms with Crippen LogP contribution in [0.5, 0.6) is 5.75 Å². The van der Waals surface area contributed by atoms with Gasteiger partial charge in [-0.25, -0.2) is 0 Å². The third-order valence-electron chi connectivity index (χ3n) is 3.82. The van der Waals surface area contributed by atoms with Crippen molar-refractivity contribution in [2.45, 2.75) is 32.6 Å². The normalized spacial score (nSPS) is 11.4. The first-order chi connectivity index (χ1) is 12.2. The molecule has 2 N–H and O–H groups in total. The van der Waals surface area contributed by atoms with Crippen LogP contribution in [0.25, 0.3) is 0 Å². The van der Waals surface area contributed by atoms with Gasteiger partial charge in [0.1, 0.15) is 5.75 Å². The lowest BCUT2D eigenvalue weighted by Crippen LogP contribution is -2.44. The molecule has 0 spiro atoms. The van der Waals surface area contributed by atoms with E-state index in [1.54, 1.807) is 24.3 Å². The van der Waals surface area contributed by atoms with Crippen molar-refractivity contribution in [2.24, 2.45) is 0 Å². The van der Waals surface area contributed by atoms with Gasteiger partial charge in [-0.2, -0.15) is 0 Å². The third kappa shape index (κ3) is 5.35. The third-order valence-corrected chi connectivity index (χ3v) is 3.82. The zero-order valence-electron chi connectivity index (χ0n) is 14.6. The minimum atomic E-state index is -0.361. The molecule has 1 atom stereocenters. The highest BCUT2D eigenvalue weighted by molar-refractivity contribution is 5.96. The first kappa shape index (κ1) is 18.5. The molecule has 0 aliphatic rings. The fourth-order valence-electron chi connectivity index (χ4n) is 2.57. The Morgan fingerprint density at radius 3 is 2.24 bits per heavy atom. The van der Waals surface area contributed by atoms with E-state index in [1.165, 1.54) is 0 Å². The molecular formula is C20H24N2O3. The summed E-state index contributed by atoms with van der Waals surface area (Å²) >= 11 is 0. The van der Waals surface area contributed by atoms with Crippen molar-refractivity contribution in [3.05, 3.63) is 65.7 Å². The quantitative estimate of drug-likeness (QED) is 0.759. The van der Waals surface area contributed by atoms with Gasteiger partial charge >= 0.3 is 0 Å². The van der Waals surface area contributed by atoms with Crippen LogP contribution in [0.4, 0.5) is 0 Å². The lowest BCUT2D eigenvalue weighted by molar-refractivity contribution is -0.123. The summed E-state index contributed by atoms with van der Waals surface area (Å²) in [7, 11) is 0. The van der Waals surface area contributed by atoms with Gasteiger partial charge in [-0.15, -0.1) is 0 Å². The van der Waals surface area contributed by atoms with E-state index in [0.29, 0.717) is 17.9 Å². The maximum Gasteiger partial charge on any atom is 0.269 e. The predicted octanol–water partition coefficient (Wildman–Crippen LogP) is 3.43. The molecule has 2 aromatic rings. The summed E-state index contributed by atoms with van der Waals surface area (Å²) in [6.07, 6.45) is 1.59. The van der Waals surface area contributed by atoms with Crippen molar-refractivity contribution in [3.8, 4) is 5.75 Å². The van der Waals surface area contributed by atoms with Crippen molar-refractivity contribution in [1.82, 2.24) is 10.9 Å². The molecule has 0 saturated carbocycles. The summed E-state index contributed by atoms with van der Waals surface area (Å²) < 4.78 is 5.34. The molecule has 0 aliphatic heterocycles. The van der Waals surface area contributed by atoms with Gasteiger partial charge in [0.2, 0.25) is 5.91 Å². The monoisotopic (exact) mass is 340 g/mol. The van der Waals surface area contributed by atoms with Crippen LogP contribution in [0.15, 0.2) is 54.6 Å². The molecule has 2 amide bonds. The van der Waals surface area contributed by atoms with Crippen molar-refractivity contribution in [1.29, 1.82) is 0 Å². The highest BCUT2D eigenvalue weighted by atomic mass is 16.5. The molecular weight excluding hydrogens is 316 g/mol. The Bertz CT molecular complexity index is 684. The van der Waals surface area contributed by atoms with E-state index in [-0.39, 0.29) is 17.7 Å². The molecule has 2 aromatic carbocycles. The van der Waals surface area contributed by atoms with Gasteiger partial charge in [0.15, 0.2) is 0 Å². The summed E-state index contributed by atoms with van der Waals surface area (Å²) in [4.78, 5) is 24.6. The fourth-order valence-corrected chi connectivity index (χ4v) is 2.57. The lowest BCUT2D eigenvalue weighted by atomic mass is 9.94. The van der Waals surface area contributed by atoms with Crippen molar-refractivity contribution in [2.75, 3.05) is 6.61 Å². The number of carbonyl (C=O) groups is 2. The average Bonchev–Trinajstić information content (AvgIpc) is 2.65. The molecule has 25 heavy (non-hydrogen) atoms. The molecule has 0 radical (unpaired) electrons. The molecule has 0 bridgehead atoms. The first-order valence-electron chi connectivity index (χ1n) is 8.53. The van der Waals surface area contributed by atoms with E-state index in [4.69, 9.17) is 4.74 Å². The molecule has 0 heterocycles. The van der Waals surface area contributed by atoms with Gasteiger partial charge in [0.05, 0.1) is 12.5 Å². The molecule has 0 saturated heterocycles. The summed E-state index contributed by atoms with van der Waals surface area (Å²) in [6, 6.07) is 16.3. The Balaban J connectivity index is 1.96. The van der Waals surface area contributed by atoms with Gasteiger partial charge in [0.25, 0.3) is 5.91 Å². The maximum atomic E-state index is 12.5. The number of rotatable bonds is 7. The van der Waals surface area contributed by atoms with Gasteiger partial charge in [-0.1, -0.05) is 43.7 Å². The lowest BCUT2D eigenvalue weighted by Gasteiger charge is -2.17. The van der Waals surface area contributed by atoms with Crippen LogP contribution < -0.4 is 15.6 Å². The van der Waals surface area contributed by atoms with Gasteiger partial charge < -0.3 is 4.74 Å². The molecule has 0 unspecified atom stereocenters. The Kier molecular flexibility index (Phi) is 7.01. The molecule has 2 rings (SSSR count). The fraction of sp³-hybridized carbons (Fsp3) is 0.300. The second-order valence-electron chi connectivity index (χ2n) is 5.65. The van der Waals surface area contributed by atoms with Crippen LogP contribution >= 0.6 is 0 Å². The molecule has 0 aliphatic carbocycles. The zero-order chi connectivity index (χ0) is 18.1. The number of hydrogen-bond donors (Lipinski definition) is 2. The van der Waals surface area contributed by atoms with Crippen LogP contribution in [0.1, 0.15) is 48.5 Å². The van der Waals surface area contributed by atoms with Gasteiger partial charge in [0, 0.05) is 5.56 Å². The summed E-state index contributed by atoms with van der Waals surface area (Å²) in [6.45, 7) is 4.50. The molecule has 0 fully saturated rings. The Labute approximate surface area is 148 Å². The molecule has 5 heteroatoms. The largest absolute Gasteiger partial charge is 0.494 e. The smallest absolute Gasteiger partial charge is 0.269 e. The minimum absolute atomic E-state index is 0.215. The van der Waals surface area contributed by atoms with E-state index >= 15 is 0 Å². The SMILES string of the molecule is CCC[C@@H](C(=O)NNC(=O)c1ccc(OCC)cc1)c1ccccc1. The van der Waals surface area contributed by atoms with Gasteiger partial charge in [-0.05, 0) is 43.2 Å². The maximum absolute atomic E-state index is 12.5. The summed E-state index contributed by atoms with van der Waals surface area (Å²) in [5, 5.41) is 0. The second-order valence-corrected chi connectivity index (χ2v) is 5.65. The van der Waals surface area contributed by atoms with E-state index in [0.717, 1.165) is 18.4 Å². The number of hydrogen-bond acceptors (Lipinski definition) is 3. The second kappa shape index (κ2) is 9.47. The van der Waals surface area contributed by atoms with E-state index in [1.807, 2.05) is 44.2 Å². The Morgan fingerprint density at radius 1 is 0.960 bits per heavy atom. The molecule has 132 valence electrons. The predicted molar refractivity (Wildman–Crippen MR) is 97.3 cm³/mol. The summed E-state index contributed by atoms with van der Waals surface area (Å²) in [5.74, 6) is -0.158. The topological polar surface area (TPSA) is 67.4 Å². The number of carbonyl (C=O) groups excluding carboxylic acids is 2. The van der Waals surface area contributed by atoms with E-state index < -0.39 is 0 Å². The number of benzene rings is 2. The summed E-state index contributed by atoms with van der Waals surface area (Å²) in [5.41, 5.74) is 6.41. The molecule has 5 nitrogen and oxygen atoms in total. The number of amides is 2. The van der Waals surface area contributed by atoms with E-state index in [2.05, 4.69) is 10.9 Å². The first-order valence-corrected chi connectivity index (χ1v) is 8.53. The zero-order valence-corrected chi connectivity index (χ0v) is 14.6. The number of nitrogens with one attached hydrogen (secondary N) is 2.